The highest BCUT2D eigenvalue weighted by molar-refractivity contribution is 7.91. The molecule has 1 N–H and O–H groups in total. The fraction of sp³-hybridized carbons (Fsp3) is 0.375. The zero-order chi connectivity index (χ0) is 19.3. The van der Waals surface area contributed by atoms with Crippen molar-refractivity contribution in [2.24, 2.45) is 0 Å². The molecule has 0 aliphatic carbocycles. The van der Waals surface area contributed by atoms with E-state index in [-0.39, 0.29) is 22.3 Å². The van der Waals surface area contributed by atoms with Crippen molar-refractivity contribution >= 4 is 31.4 Å². The lowest BCUT2D eigenvalue weighted by atomic mass is 10.3. The Morgan fingerprint density at radius 2 is 1.78 bits per heavy atom. The quantitative estimate of drug-likeness (QED) is 0.628. The number of hydrogen-bond acceptors (Lipinski definition) is 7. The lowest BCUT2D eigenvalue weighted by molar-refractivity contribution is 0.0730. The van der Waals surface area contributed by atoms with Gasteiger partial charge >= 0.3 is 0 Å². The van der Waals surface area contributed by atoms with Crippen molar-refractivity contribution in [3.8, 4) is 5.75 Å². The maximum Gasteiger partial charge on any atom is 0.250 e. The molecule has 0 saturated carbocycles. The van der Waals surface area contributed by atoms with Crippen molar-refractivity contribution in [3.05, 3.63) is 41.8 Å². The van der Waals surface area contributed by atoms with Gasteiger partial charge in [-0.25, -0.2) is 21.6 Å². The summed E-state index contributed by atoms with van der Waals surface area (Å²) >= 11 is 1.14. The molecule has 1 aliphatic rings. The number of sulfonamides is 2. The Morgan fingerprint density at radius 3 is 2.41 bits per heavy atom. The molecular formula is C16H20N2O6S3. The minimum Gasteiger partial charge on any atom is -0.492 e. The highest BCUT2D eigenvalue weighted by atomic mass is 32.2. The molecule has 2 heterocycles. The molecule has 1 aromatic heterocycles. The number of ether oxygens (including phenoxy) is 2. The summed E-state index contributed by atoms with van der Waals surface area (Å²) < 4.78 is 63.8. The number of rotatable bonds is 8. The SMILES string of the molecule is O=S(=O)(NCCOc1ccc(S(=O)(=O)N2CCOCC2)cc1)c1cccs1. The third kappa shape index (κ3) is 5.06. The molecule has 3 rings (SSSR count). The van der Waals surface area contributed by atoms with Crippen molar-refractivity contribution in [2.75, 3.05) is 39.5 Å². The monoisotopic (exact) mass is 432 g/mol. The molecule has 0 amide bonds. The van der Waals surface area contributed by atoms with Crippen LogP contribution in [0.5, 0.6) is 5.75 Å². The predicted molar refractivity (Wildman–Crippen MR) is 101 cm³/mol. The molecule has 0 spiro atoms. The van der Waals surface area contributed by atoms with Crippen LogP contribution < -0.4 is 9.46 Å². The van der Waals surface area contributed by atoms with Crippen LogP contribution in [0, 0.1) is 0 Å². The third-order valence-corrected chi connectivity index (χ3v) is 8.63. The summed E-state index contributed by atoms with van der Waals surface area (Å²) in [5.41, 5.74) is 0. The number of benzene rings is 1. The molecule has 11 heteroatoms. The van der Waals surface area contributed by atoms with Gasteiger partial charge in [0.1, 0.15) is 16.6 Å². The molecule has 148 valence electrons. The number of nitrogens with one attached hydrogen (secondary N) is 1. The highest BCUT2D eigenvalue weighted by Crippen LogP contribution is 2.20. The van der Waals surface area contributed by atoms with Crippen LogP contribution in [0.2, 0.25) is 0 Å². The van der Waals surface area contributed by atoms with Crippen LogP contribution in [0.3, 0.4) is 0 Å². The molecule has 1 fully saturated rings. The minimum absolute atomic E-state index is 0.105. The Hall–Kier alpha value is -1.50. The van der Waals surface area contributed by atoms with Gasteiger partial charge in [0.2, 0.25) is 20.0 Å². The Balaban J connectivity index is 1.52. The summed E-state index contributed by atoms with van der Waals surface area (Å²) in [6, 6.07) is 9.28. The first-order valence-corrected chi connectivity index (χ1v) is 12.0. The Morgan fingerprint density at radius 1 is 1.07 bits per heavy atom. The zero-order valence-corrected chi connectivity index (χ0v) is 16.9. The van der Waals surface area contributed by atoms with Crippen LogP contribution in [0.4, 0.5) is 0 Å². The Kier molecular flexibility index (Phi) is 6.50. The standard InChI is InChI=1S/C16H20N2O6S3/c19-26(20,16-2-1-13-25-16)17-7-10-24-14-3-5-15(6-4-14)27(21,22)18-8-11-23-12-9-18/h1-6,13,17H,7-12H2. The summed E-state index contributed by atoms with van der Waals surface area (Å²) in [4.78, 5) is 0.190. The molecule has 1 aromatic carbocycles. The predicted octanol–water partition coefficient (Wildman–Crippen LogP) is 1.13. The average molecular weight is 433 g/mol. The second kappa shape index (κ2) is 8.67. The van der Waals surface area contributed by atoms with Crippen molar-refractivity contribution in [2.45, 2.75) is 9.10 Å². The van der Waals surface area contributed by atoms with Crippen molar-refractivity contribution in [1.82, 2.24) is 9.03 Å². The van der Waals surface area contributed by atoms with Crippen LogP contribution in [-0.4, -0.2) is 60.6 Å². The first-order chi connectivity index (χ1) is 12.9. The molecule has 8 nitrogen and oxygen atoms in total. The summed E-state index contributed by atoms with van der Waals surface area (Å²) in [7, 11) is -7.06. The molecule has 0 atom stereocenters. The van der Waals surface area contributed by atoms with Gasteiger partial charge in [0.05, 0.1) is 18.1 Å². The van der Waals surface area contributed by atoms with E-state index >= 15 is 0 Å². The van der Waals surface area contributed by atoms with Gasteiger partial charge in [-0.15, -0.1) is 11.3 Å². The van der Waals surface area contributed by atoms with Gasteiger partial charge in [0.25, 0.3) is 0 Å². The molecule has 0 radical (unpaired) electrons. The summed E-state index contributed by atoms with van der Waals surface area (Å²) in [5.74, 6) is 0.464. The van der Waals surface area contributed by atoms with E-state index in [1.165, 1.54) is 22.5 Å². The van der Waals surface area contributed by atoms with E-state index in [9.17, 15) is 16.8 Å². The molecule has 2 aromatic rings. The first kappa shape index (κ1) is 20.2. The van der Waals surface area contributed by atoms with Crippen LogP contribution in [0.25, 0.3) is 0 Å². The summed E-state index contributed by atoms with van der Waals surface area (Å²) in [5, 5.41) is 1.69. The largest absolute Gasteiger partial charge is 0.492 e. The first-order valence-electron chi connectivity index (χ1n) is 8.23. The Bertz CT molecular complexity index is 935. The molecule has 0 unspecified atom stereocenters. The van der Waals surface area contributed by atoms with E-state index in [4.69, 9.17) is 9.47 Å². The van der Waals surface area contributed by atoms with Gasteiger partial charge in [-0.05, 0) is 35.7 Å². The van der Waals surface area contributed by atoms with Gasteiger partial charge in [0, 0.05) is 19.6 Å². The lowest BCUT2D eigenvalue weighted by Crippen LogP contribution is -2.40. The lowest BCUT2D eigenvalue weighted by Gasteiger charge is -2.26. The second-order valence-electron chi connectivity index (χ2n) is 5.67. The zero-order valence-electron chi connectivity index (χ0n) is 14.4. The van der Waals surface area contributed by atoms with Gasteiger partial charge < -0.3 is 9.47 Å². The van der Waals surface area contributed by atoms with Crippen LogP contribution in [0.15, 0.2) is 50.9 Å². The minimum atomic E-state index is -3.54. The normalized spacial score (nSPS) is 16.3. The summed E-state index contributed by atoms with van der Waals surface area (Å²) in [6.45, 7) is 1.69. The topological polar surface area (TPSA) is 102 Å². The highest BCUT2D eigenvalue weighted by Gasteiger charge is 2.26. The van der Waals surface area contributed by atoms with Crippen LogP contribution in [0.1, 0.15) is 0 Å². The fourth-order valence-corrected chi connectivity index (χ4v) is 5.93. The average Bonchev–Trinajstić information content (AvgIpc) is 3.22. The van der Waals surface area contributed by atoms with Crippen molar-refractivity contribution < 1.29 is 26.3 Å². The fourth-order valence-electron chi connectivity index (χ4n) is 2.48. The van der Waals surface area contributed by atoms with Crippen LogP contribution in [-0.2, 0) is 24.8 Å². The molecule has 1 aliphatic heterocycles. The number of morpholine rings is 1. The van der Waals surface area contributed by atoms with E-state index in [0.29, 0.717) is 32.1 Å². The molecule has 1 saturated heterocycles. The van der Waals surface area contributed by atoms with Gasteiger partial charge in [-0.1, -0.05) is 6.07 Å². The van der Waals surface area contributed by atoms with E-state index in [2.05, 4.69) is 4.72 Å². The number of thiophene rings is 1. The van der Waals surface area contributed by atoms with Gasteiger partial charge in [0.15, 0.2) is 0 Å². The van der Waals surface area contributed by atoms with E-state index in [1.807, 2.05) is 0 Å². The van der Waals surface area contributed by atoms with E-state index in [0.717, 1.165) is 11.3 Å². The third-order valence-electron chi connectivity index (χ3n) is 3.85. The molecular weight excluding hydrogens is 412 g/mol. The van der Waals surface area contributed by atoms with Crippen LogP contribution >= 0.6 is 11.3 Å². The van der Waals surface area contributed by atoms with Gasteiger partial charge in [-0.3, -0.25) is 0 Å². The maximum absolute atomic E-state index is 12.5. The Labute approximate surface area is 162 Å². The smallest absolute Gasteiger partial charge is 0.250 e. The second-order valence-corrected chi connectivity index (χ2v) is 10.5. The van der Waals surface area contributed by atoms with Crippen molar-refractivity contribution in [3.63, 3.8) is 0 Å². The van der Waals surface area contributed by atoms with Gasteiger partial charge in [-0.2, -0.15) is 4.31 Å². The summed E-state index contributed by atoms with van der Waals surface area (Å²) in [6.07, 6.45) is 0. The molecule has 0 bridgehead atoms. The number of nitrogens with zero attached hydrogens (tertiary/aromatic N) is 1. The van der Waals surface area contributed by atoms with E-state index < -0.39 is 20.0 Å². The molecule has 27 heavy (non-hydrogen) atoms. The van der Waals surface area contributed by atoms with Crippen molar-refractivity contribution in [1.29, 1.82) is 0 Å². The van der Waals surface area contributed by atoms with E-state index in [1.54, 1.807) is 23.6 Å². The number of hydrogen-bond donors (Lipinski definition) is 1. The maximum atomic E-state index is 12.5.